The number of esters is 1. The molecule has 1 rings (SSSR count). The molecule has 0 atom stereocenters. The lowest BCUT2D eigenvalue weighted by Gasteiger charge is -2.11. The molecule has 4 nitrogen and oxygen atoms in total. The number of carbonyl (C=O) groups is 1. The number of nitrogens with zero attached hydrogens (tertiary/aromatic N) is 1. The SMILES string of the molecule is CCOC(=O)Cc1nc(I)c(OC)cc1C(F)F. The van der Waals surface area contributed by atoms with Crippen LogP contribution in [0.25, 0.3) is 0 Å². The van der Waals surface area contributed by atoms with Crippen LogP contribution >= 0.6 is 22.6 Å². The monoisotopic (exact) mass is 371 g/mol. The molecule has 0 fully saturated rings. The number of halogens is 3. The normalized spacial score (nSPS) is 10.6. The number of ether oxygens (including phenoxy) is 2. The van der Waals surface area contributed by atoms with Gasteiger partial charge in [0.15, 0.2) is 5.75 Å². The number of rotatable bonds is 5. The van der Waals surface area contributed by atoms with Crippen LogP contribution in [-0.2, 0) is 16.0 Å². The van der Waals surface area contributed by atoms with Crippen molar-refractivity contribution in [1.82, 2.24) is 4.98 Å². The zero-order valence-electron chi connectivity index (χ0n) is 9.87. The Bertz CT molecular complexity index is 441. The van der Waals surface area contributed by atoms with Gasteiger partial charge in [-0.15, -0.1) is 0 Å². The van der Waals surface area contributed by atoms with Gasteiger partial charge in [-0.1, -0.05) is 0 Å². The van der Waals surface area contributed by atoms with Crippen LogP contribution in [0, 0.1) is 3.70 Å². The minimum Gasteiger partial charge on any atom is -0.494 e. The lowest BCUT2D eigenvalue weighted by atomic mass is 10.1. The van der Waals surface area contributed by atoms with E-state index in [-0.39, 0.29) is 30.0 Å². The van der Waals surface area contributed by atoms with Gasteiger partial charge in [0, 0.05) is 5.56 Å². The summed E-state index contributed by atoms with van der Waals surface area (Å²) in [4.78, 5) is 15.3. The Morgan fingerprint density at radius 3 is 2.72 bits per heavy atom. The predicted octanol–water partition coefficient (Wildman–Crippen LogP) is 2.74. The second kappa shape index (κ2) is 6.81. The molecule has 0 unspecified atom stereocenters. The summed E-state index contributed by atoms with van der Waals surface area (Å²) in [6.45, 7) is 1.85. The Kier molecular flexibility index (Phi) is 5.70. The van der Waals surface area contributed by atoms with Crippen molar-refractivity contribution in [2.75, 3.05) is 13.7 Å². The second-order valence-electron chi connectivity index (χ2n) is 3.30. The maximum Gasteiger partial charge on any atom is 0.311 e. The van der Waals surface area contributed by atoms with Gasteiger partial charge in [0.25, 0.3) is 6.43 Å². The van der Waals surface area contributed by atoms with Gasteiger partial charge >= 0.3 is 5.97 Å². The molecule has 0 radical (unpaired) electrons. The summed E-state index contributed by atoms with van der Waals surface area (Å²) in [5.41, 5.74) is -0.283. The molecule has 0 aromatic carbocycles. The fourth-order valence-electron chi connectivity index (χ4n) is 1.34. The summed E-state index contributed by atoms with van der Waals surface area (Å²) in [6.07, 6.45) is -2.99. The van der Waals surface area contributed by atoms with Crippen molar-refractivity contribution in [1.29, 1.82) is 0 Å². The van der Waals surface area contributed by atoms with Crippen LogP contribution in [0.4, 0.5) is 8.78 Å². The highest BCUT2D eigenvalue weighted by molar-refractivity contribution is 14.1. The summed E-state index contributed by atoms with van der Waals surface area (Å²) in [7, 11) is 1.37. The highest BCUT2D eigenvalue weighted by Crippen LogP contribution is 2.29. The molecule has 0 saturated heterocycles. The van der Waals surface area contributed by atoms with Crippen LogP contribution in [0.3, 0.4) is 0 Å². The number of alkyl halides is 2. The maximum absolute atomic E-state index is 12.9. The van der Waals surface area contributed by atoms with Crippen LogP contribution < -0.4 is 4.74 Å². The lowest BCUT2D eigenvalue weighted by Crippen LogP contribution is -2.12. The molecule has 1 aromatic heterocycles. The first-order valence-corrected chi connectivity index (χ1v) is 6.24. The van der Waals surface area contributed by atoms with E-state index in [1.165, 1.54) is 13.2 Å². The number of methoxy groups -OCH3 is 1. The molecule has 100 valence electrons. The van der Waals surface area contributed by atoms with E-state index < -0.39 is 12.4 Å². The Hall–Kier alpha value is -0.990. The minimum atomic E-state index is -2.71. The Labute approximate surface area is 117 Å². The molecule has 0 saturated carbocycles. The fourth-order valence-corrected chi connectivity index (χ4v) is 2.01. The first-order valence-electron chi connectivity index (χ1n) is 5.16. The van der Waals surface area contributed by atoms with Crippen molar-refractivity contribution in [2.24, 2.45) is 0 Å². The van der Waals surface area contributed by atoms with Crippen LogP contribution in [0.15, 0.2) is 6.07 Å². The van der Waals surface area contributed by atoms with Gasteiger partial charge in [0.05, 0.1) is 25.8 Å². The average Bonchev–Trinajstić information content (AvgIpc) is 2.29. The molecule has 1 heterocycles. The number of aromatic nitrogens is 1. The van der Waals surface area contributed by atoms with Crippen molar-refractivity contribution >= 4 is 28.6 Å². The molecule has 0 aliphatic heterocycles. The van der Waals surface area contributed by atoms with Crippen LogP contribution in [0.2, 0.25) is 0 Å². The molecule has 18 heavy (non-hydrogen) atoms. The average molecular weight is 371 g/mol. The molecule has 0 spiro atoms. The molecule has 0 bridgehead atoms. The standard InChI is InChI=1S/C11H12F2INO3/c1-3-18-9(16)5-7-6(10(12)13)4-8(17-2)11(14)15-7/h4,10H,3,5H2,1-2H3. The number of hydrogen-bond acceptors (Lipinski definition) is 4. The lowest BCUT2D eigenvalue weighted by molar-refractivity contribution is -0.142. The predicted molar refractivity (Wildman–Crippen MR) is 68.8 cm³/mol. The van der Waals surface area contributed by atoms with E-state index in [0.29, 0.717) is 3.70 Å². The molecule has 1 aromatic rings. The number of carbonyl (C=O) groups excluding carboxylic acids is 1. The molecular formula is C11H12F2INO3. The third kappa shape index (κ3) is 3.76. The second-order valence-corrected chi connectivity index (χ2v) is 4.32. The van der Waals surface area contributed by atoms with E-state index in [1.807, 2.05) is 22.6 Å². The number of hydrogen-bond donors (Lipinski definition) is 0. The van der Waals surface area contributed by atoms with Crippen molar-refractivity contribution in [3.8, 4) is 5.75 Å². The van der Waals surface area contributed by atoms with Crippen LogP contribution in [0.1, 0.15) is 24.6 Å². The Morgan fingerprint density at radius 2 is 2.22 bits per heavy atom. The van der Waals surface area contributed by atoms with Crippen molar-refractivity contribution < 1.29 is 23.0 Å². The summed E-state index contributed by atoms with van der Waals surface area (Å²) < 4.78 is 35.8. The highest BCUT2D eigenvalue weighted by atomic mass is 127. The first-order chi connectivity index (χ1) is 8.49. The van der Waals surface area contributed by atoms with E-state index in [0.717, 1.165) is 0 Å². The van der Waals surface area contributed by atoms with Crippen molar-refractivity contribution in [3.63, 3.8) is 0 Å². The third-order valence-corrected chi connectivity index (χ3v) is 2.90. The van der Waals surface area contributed by atoms with Gasteiger partial charge in [-0.3, -0.25) is 4.79 Å². The molecule has 0 N–H and O–H groups in total. The van der Waals surface area contributed by atoms with Gasteiger partial charge < -0.3 is 9.47 Å². The zero-order chi connectivity index (χ0) is 13.7. The summed E-state index contributed by atoms with van der Waals surface area (Å²) in [5, 5.41) is 0. The van der Waals surface area contributed by atoms with Gasteiger partial charge in [-0.05, 0) is 35.6 Å². The van der Waals surface area contributed by atoms with Gasteiger partial charge in [-0.2, -0.15) is 0 Å². The smallest absolute Gasteiger partial charge is 0.311 e. The maximum atomic E-state index is 12.9. The Morgan fingerprint density at radius 1 is 1.56 bits per heavy atom. The third-order valence-electron chi connectivity index (χ3n) is 2.13. The van der Waals surface area contributed by atoms with E-state index >= 15 is 0 Å². The molecule has 0 aliphatic rings. The van der Waals surface area contributed by atoms with E-state index in [2.05, 4.69) is 4.98 Å². The molecular weight excluding hydrogens is 359 g/mol. The molecule has 0 aliphatic carbocycles. The highest BCUT2D eigenvalue weighted by Gasteiger charge is 2.20. The zero-order valence-corrected chi connectivity index (χ0v) is 12.0. The molecule has 0 amide bonds. The van der Waals surface area contributed by atoms with Gasteiger partial charge in [0.1, 0.15) is 3.70 Å². The van der Waals surface area contributed by atoms with Gasteiger partial charge in [0.2, 0.25) is 0 Å². The quantitative estimate of drug-likeness (QED) is 0.454. The molecule has 7 heteroatoms. The largest absolute Gasteiger partial charge is 0.494 e. The van der Waals surface area contributed by atoms with E-state index in [1.54, 1.807) is 6.92 Å². The number of pyridine rings is 1. The Balaban J connectivity index is 3.09. The van der Waals surface area contributed by atoms with E-state index in [9.17, 15) is 13.6 Å². The summed E-state index contributed by atoms with van der Waals surface area (Å²) >= 11 is 1.86. The van der Waals surface area contributed by atoms with E-state index in [4.69, 9.17) is 9.47 Å². The van der Waals surface area contributed by atoms with Crippen molar-refractivity contribution in [3.05, 3.63) is 21.0 Å². The van der Waals surface area contributed by atoms with Crippen molar-refractivity contribution in [2.45, 2.75) is 19.8 Å². The summed E-state index contributed by atoms with van der Waals surface area (Å²) in [5.74, 6) is -0.314. The van der Waals surface area contributed by atoms with Crippen LogP contribution in [0.5, 0.6) is 5.75 Å². The minimum absolute atomic E-state index is 0.0219. The van der Waals surface area contributed by atoms with Gasteiger partial charge in [-0.25, -0.2) is 13.8 Å². The topological polar surface area (TPSA) is 48.4 Å². The van der Waals surface area contributed by atoms with Crippen LogP contribution in [-0.4, -0.2) is 24.7 Å². The summed E-state index contributed by atoms with van der Waals surface area (Å²) in [6, 6.07) is 1.20. The first kappa shape index (κ1) is 15.1. The fraction of sp³-hybridized carbons (Fsp3) is 0.455.